The zero-order chi connectivity index (χ0) is 13.9. The maximum atomic E-state index is 12.0. The molecule has 1 aliphatic rings. The van der Waals surface area contributed by atoms with Crippen LogP contribution in [0, 0.1) is 0 Å². The molecule has 0 bridgehead atoms. The van der Waals surface area contributed by atoms with Crippen LogP contribution in [0.2, 0.25) is 0 Å². The summed E-state index contributed by atoms with van der Waals surface area (Å²) < 4.78 is 1.18. The molecule has 3 rings (SSSR count). The summed E-state index contributed by atoms with van der Waals surface area (Å²) in [7, 11) is 1.85. The SMILES string of the molecule is CN(Cc1nc2ccccc2s1)C(=O)CCNC1CC1. The Morgan fingerprint density at radius 2 is 2.25 bits per heavy atom. The van der Waals surface area contributed by atoms with E-state index in [1.54, 1.807) is 16.2 Å². The van der Waals surface area contributed by atoms with Crippen molar-refractivity contribution in [2.45, 2.75) is 31.8 Å². The van der Waals surface area contributed by atoms with Crippen LogP contribution < -0.4 is 5.32 Å². The van der Waals surface area contributed by atoms with Gasteiger partial charge in [0.15, 0.2) is 0 Å². The molecule has 1 aromatic heterocycles. The summed E-state index contributed by atoms with van der Waals surface area (Å²) in [5.41, 5.74) is 1.02. The number of nitrogens with zero attached hydrogens (tertiary/aromatic N) is 2. The number of amides is 1. The van der Waals surface area contributed by atoms with Crippen LogP contribution in [0.15, 0.2) is 24.3 Å². The van der Waals surface area contributed by atoms with Crippen LogP contribution in [0.1, 0.15) is 24.3 Å². The van der Waals surface area contributed by atoms with Crippen molar-refractivity contribution in [2.75, 3.05) is 13.6 Å². The fourth-order valence-electron chi connectivity index (χ4n) is 2.14. The fourth-order valence-corrected chi connectivity index (χ4v) is 3.16. The summed E-state index contributed by atoms with van der Waals surface area (Å²) in [6.45, 7) is 1.38. The topological polar surface area (TPSA) is 45.2 Å². The minimum absolute atomic E-state index is 0.178. The van der Waals surface area contributed by atoms with Crippen molar-refractivity contribution in [1.82, 2.24) is 15.2 Å². The zero-order valence-electron chi connectivity index (χ0n) is 11.6. The number of nitrogens with one attached hydrogen (secondary N) is 1. The molecule has 2 aromatic rings. The van der Waals surface area contributed by atoms with Crippen molar-refractivity contribution < 1.29 is 4.79 Å². The van der Waals surface area contributed by atoms with Gasteiger partial charge in [-0.15, -0.1) is 11.3 Å². The molecule has 0 atom stereocenters. The molecule has 0 radical (unpaired) electrons. The van der Waals surface area contributed by atoms with Gasteiger partial charge in [-0.25, -0.2) is 4.98 Å². The van der Waals surface area contributed by atoms with E-state index in [2.05, 4.69) is 16.4 Å². The van der Waals surface area contributed by atoms with Crippen molar-refractivity contribution in [3.63, 3.8) is 0 Å². The summed E-state index contributed by atoms with van der Waals surface area (Å²) in [6, 6.07) is 8.75. The van der Waals surface area contributed by atoms with Gasteiger partial charge in [0.1, 0.15) is 5.01 Å². The predicted octanol–water partition coefficient (Wildman–Crippen LogP) is 2.40. The highest BCUT2D eigenvalue weighted by Gasteiger charge is 2.20. The summed E-state index contributed by atoms with van der Waals surface area (Å²) in [4.78, 5) is 18.4. The van der Waals surface area contributed by atoms with E-state index in [-0.39, 0.29) is 5.91 Å². The molecule has 0 aliphatic heterocycles. The van der Waals surface area contributed by atoms with E-state index in [9.17, 15) is 4.79 Å². The Kier molecular flexibility index (Phi) is 3.98. The van der Waals surface area contributed by atoms with Gasteiger partial charge in [-0.1, -0.05) is 12.1 Å². The lowest BCUT2D eigenvalue weighted by molar-refractivity contribution is -0.130. The van der Waals surface area contributed by atoms with Crippen molar-refractivity contribution in [3.05, 3.63) is 29.3 Å². The van der Waals surface area contributed by atoms with Crippen LogP contribution in [0.5, 0.6) is 0 Å². The van der Waals surface area contributed by atoms with E-state index in [0.717, 1.165) is 17.1 Å². The highest BCUT2D eigenvalue weighted by molar-refractivity contribution is 7.18. The highest BCUT2D eigenvalue weighted by Crippen LogP contribution is 2.22. The quantitative estimate of drug-likeness (QED) is 0.888. The smallest absolute Gasteiger partial charge is 0.223 e. The van der Waals surface area contributed by atoms with Gasteiger partial charge in [0.2, 0.25) is 5.91 Å². The van der Waals surface area contributed by atoms with E-state index in [1.165, 1.54) is 17.5 Å². The molecule has 0 unspecified atom stereocenters. The van der Waals surface area contributed by atoms with Crippen LogP contribution in [-0.2, 0) is 11.3 Å². The third-order valence-electron chi connectivity index (χ3n) is 3.49. The molecule has 1 saturated carbocycles. The number of fused-ring (bicyclic) bond motifs is 1. The normalized spacial score (nSPS) is 14.7. The maximum absolute atomic E-state index is 12.0. The number of thiazole rings is 1. The highest BCUT2D eigenvalue weighted by atomic mass is 32.1. The standard InChI is InChI=1S/C15H19N3OS/c1-18(15(19)8-9-16-11-6-7-11)10-14-17-12-4-2-3-5-13(12)20-14/h2-5,11,16H,6-10H2,1H3. The summed E-state index contributed by atoms with van der Waals surface area (Å²) in [5.74, 6) is 0.178. The number of para-hydroxylation sites is 1. The second kappa shape index (κ2) is 5.89. The van der Waals surface area contributed by atoms with Gasteiger partial charge in [-0.2, -0.15) is 0 Å². The molecule has 1 N–H and O–H groups in total. The van der Waals surface area contributed by atoms with Gasteiger partial charge < -0.3 is 10.2 Å². The molecule has 4 nitrogen and oxygen atoms in total. The number of carbonyl (C=O) groups excluding carboxylic acids is 1. The number of carbonyl (C=O) groups is 1. The average Bonchev–Trinajstić information content (AvgIpc) is 3.16. The van der Waals surface area contributed by atoms with Crippen LogP contribution >= 0.6 is 11.3 Å². The molecule has 1 fully saturated rings. The number of hydrogen-bond acceptors (Lipinski definition) is 4. The first kappa shape index (κ1) is 13.5. The summed E-state index contributed by atoms with van der Waals surface area (Å²) in [5, 5.41) is 4.36. The largest absolute Gasteiger partial charge is 0.339 e. The Morgan fingerprint density at radius 3 is 3.00 bits per heavy atom. The van der Waals surface area contributed by atoms with Gasteiger partial charge in [0.25, 0.3) is 0 Å². The zero-order valence-corrected chi connectivity index (χ0v) is 12.4. The third-order valence-corrected chi connectivity index (χ3v) is 4.51. The Hall–Kier alpha value is -1.46. The van der Waals surface area contributed by atoms with Crippen molar-refractivity contribution in [1.29, 1.82) is 0 Å². The molecule has 1 aliphatic carbocycles. The molecular formula is C15H19N3OS. The van der Waals surface area contributed by atoms with Gasteiger partial charge >= 0.3 is 0 Å². The summed E-state index contributed by atoms with van der Waals surface area (Å²) in [6.07, 6.45) is 3.09. The van der Waals surface area contributed by atoms with Crippen molar-refractivity contribution >= 4 is 27.5 Å². The monoisotopic (exact) mass is 289 g/mol. The molecule has 20 heavy (non-hydrogen) atoms. The summed E-state index contributed by atoms with van der Waals surface area (Å²) >= 11 is 1.66. The predicted molar refractivity (Wildman–Crippen MR) is 81.7 cm³/mol. The third kappa shape index (κ3) is 3.35. The number of benzene rings is 1. The molecule has 1 heterocycles. The first-order chi connectivity index (χ1) is 9.72. The Labute approximate surface area is 122 Å². The molecule has 1 amide bonds. The van der Waals surface area contributed by atoms with Crippen LogP contribution in [-0.4, -0.2) is 35.4 Å². The van der Waals surface area contributed by atoms with Crippen LogP contribution in [0.3, 0.4) is 0 Å². The Bertz CT molecular complexity index is 573. The Balaban J connectivity index is 1.53. The fraction of sp³-hybridized carbons (Fsp3) is 0.467. The van der Waals surface area contributed by atoms with Gasteiger partial charge in [-0.3, -0.25) is 4.79 Å². The molecule has 5 heteroatoms. The molecule has 0 spiro atoms. The van der Waals surface area contributed by atoms with Crippen LogP contribution in [0.4, 0.5) is 0 Å². The van der Waals surface area contributed by atoms with Gasteiger partial charge in [0, 0.05) is 26.1 Å². The lowest BCUT2D eigenvalue weighted by atomic mass is 10.3. The molecule has 1 aromatic carbocycles. The second-order valence-corrected chi connectivity index (χ2v) is 6.42. The Morgan fingerprint density at radius 1 is 1.45 bits per heavy atom. The second-order valence-electron chi connectivity index (χ2n) is 5.30. The van der Waals surface area contributed by atoms with Gasteiger partial charge in [0.05, 0.1) is 16.8 Å². The maximum Gasteiger partial charge on any atom is 0.223 e. The molecule has 106 valence electrons. The number of aromatic nitrogens is 1. The minimum atomic E-state index is 0.178. The molecule has 0 saturated heterocycles. The van der Waals surface area contributed by atoms with E-state index in [4.69, 9.17) is 0 Å². The lowest BCUT2D eigenvalue weighted by Crippen LogP contribution is -2.30. The number of rotatable bonds is 6. The van der Waals surface area contributed by atoms with Crippen molar-refractivity contribution in [2.24, 2.45) is 0 Å². The minimum Gasteiger partial charge on any atom is -0.339 e. The first-order valence-corrected chi connectivity index (χ1v) is 7.86. The van der Waals surface area contributed by atoms with E-state index >= 15 is 0 Å². The van der Waals surface area contributed by atoms with E-state index < -0.39 is 0 Å². The lowest BCUT2D eigenvalue weighted by Gasteiger charge is -2.15. The van der Waals surface area contributed by atoms with Crippen LogP contribution in [0.25, 0.3) is 10.2 Å². The first-order valence-electron chi connectivity index (χ1n) is 7.04. The molecular weight excluding hydrogens is 270 g/mol. The number of hydrogen-bond donors (Lipinski definition) is 1. The van der Waals surface area contributed by atoms with E-state index in [0.29, 0.717) is 19.0 Å². The van der Waals surface area contributed by atoms with Gasteiger partial charge in [-0.05, 0) is 25.0 Å². The van der Waals surface area contributed by atoms with Crippen molar-refractivity contribution in [3.8, 4) is 0 Å². The van der Waals surface area contributed by atoms with E-state index in [1.807, 2.05) is 25.2 Å². The average molecular weight is 289 g/mol.